The molecule has 138 valence electrons. The molecule has 2 aromatic carbocycles. The van der Waals surface area contributed by atoms with E-state index in [1.54, 1.807) is 30.3 Å². The summed E-state index contributed by atoms with van der Waals surface area (Å²) in [5.74, 6) is 1.30. The molecule has 2 N–H and O–H groups in total. The number of hydrogen-bond acceptors (Lipinski definition) is 5. The number of aromatic nitrogens is 2. The highest BCUT2D eigenvalue weighted by molar-refractivity contribution is 6.05. The van der Waals surface area contributed by atoms with Gasteiger partial charge in [-0.05, 0) is 42.7 Å². The number of rotatable bonds is 8. The second kappa shape index (κ2) is 9.33. The first-order valence-corrected chi connectivity index (χ1v) is 8.82. The zero-order chi connectivity index (χ0) is 18.9. The van der Waals surface area contributed by atoms with Crippen molar-refractivity contribution in [3.05, 3.63) is 77.9 Å². The summed E-state index contributed by atoms with van der Waals surface area (Å²) in [5, 5.41) is 14.1. The molecule has 3 aromatic rings. The number of carbonyl (C=O) groups excluding carboxylic acids is 1. The third-order valence-corrected chi connectivity index (χ3v) is 4.05. The minimum atomic E-state index is -0.287. The third kappa shape index (κ3) is 5.28. The van der Waals surface area contributed by atoms with Gasteiger partial charge in [-0.1, -0.05) is 42.5 Å². The van der Waals surface area contributed by atoms with Crippen molar-refractivity contribution in [2.24, 2.45) is 0 Å². The van der Waals surface area contributed by atoms with E-state index in [0.717, 1.165) is 19.4 Å². The molecular formula is C21H22N4O2. The van der Waals surface area contributed by atoms with Crippen molar-refractivity contribution in [1.29, 1.82) is 0 Å². The lowest BCUT2D eigenvalue weighted by Gasteiger charge is -2.09. The van der Waals surface area contributed by atoms with Crippen LogP contribution in [0.4, 0.5) is 11.6 Å². The van der Waals surface area contributed by atoms with Crippen LogP contribution in [0.5, 0.6) is 5.75 Å². The Kier molecular flexibility index (Phi) is 6.35. The minimum absolute atomic E-state index is 0.287. The number of hydrogen-bond donors (Lipinski definition) is 2. The van der Waals surface area contributed by atoms with Crippen LogP contribution in [-0.4, -0.2) is 29.8 Å². The zero-order valence-electron chi connectivity index (χ0n) is 15.2. The smallest absolute Gasteiger partial charge is 0.260 e. The van der Waals surface area contributed by atoms with E-state index in [-0.39, 0.29) is 5.91 Å². The molecule has 27 heavy (non-hydrogen) atoms. The van der Waals surface area contributed by atoms with E-state index >= 15 is 0 Å². The number of amides is 1. The largest absolute Gasteiger partial charge is 0.496 e. The van der Waals surface area contributed by atoms with Crippen LogP contribution in [0.3, 0.4) is 0 Å². The Morgan fingerprint density at radius 2 is 1.63 bits per heavy atom. The van der Waals surface area contributed by atoms with Gasteiger partial charge in [0.1, 0.15) is 11.6 Å². The first-order chi connectivity index (χ1) is 13.3. The van der Waals surface area contributed by atoms with Gasteiger partial charge in [0.05, 0.1) is 12.7 Å². The molecule has 1 amide bonds. The van der Waals surface area contributed by atoms with Crippen molar-refractivity contribution in [3.63, 3.8) is 0 Å². The molecule has 6 nitrogen and oxygen atoms in total. The highest BCUT2D eigenvalue weighted by Crippen LogP contribution is 2.18. The SMILES string of the molecule is COc1ccccc1C(=O)Nc1ccc(NCCCc2ccccc2)nn1. The molecule has 0 radical (unpaired) electrons. The highest BCUT2D eigenvalue weighted by Gasteiger charge is 2.12. The molecule has 0 aliphatic rings. The first kappa shape index (κ1) is 18.4. The summed E-state index contributed by atoms with van der Waals surface area (Å²) in [6, 6.07) is 20.9. The molecule has 6 heteroatoms. The van der Waals surface area contributed by atoms with E-state index in [2.05, 4.69) is 33.0 Å². The fourth-order valence-corrected chi connectivity index (χ4v) is 2.66. The summed E-state index contributed by atoms with van der Waals surface area (Å²) in [4.78, 5) is 12.3. The average molecular weight is 362 g/mol. The number of carbonyl (C=O) groups is 1. The summed E-state index contributed by atoms with van der Waals surface area (Å²) >= 11 is 0. The van der Waals surface area contributed by atoms with Crippen LogP contribution in [0, 0.1) is 0 Å². The molecule has 0 spiro atoms. The predicted molar refractivity (Wildman–Crippen MR) is 106 cm³/mol. The summed E-state index contributed by atoms with van der Waals surface area (Å²) in [5.41, 5.74) is 1.77. The average Bonchev–Trinajstić information content (AvgIpc) is 2.73. The fourth-order valence-electron chi connectivity index (χ4n) is 2.66. The molecule has 0 saturated heterocycles. The standard InChI is InChI=1S/C21H22N4O2/c1-27-18-12-6-5-11-17(18)21(26)23-20-14-13-19(24-25-20)22-15-7-10-16-8-3-2-4-9-16/h2-6,8-9,11-14H,7,10,15H2,1H3,(H,22,24)(H,23,25,26). The second-order valence-corrected chi connectivity index (χ2v) is 5.97. The number of methoxy groups -OCH3 is 1. The highest BCUT2D eigenvalue weighted by atomic mass is 16.5. The molecule has 0 aliphatic carbocycles. The van der Waals surface area contributed by atoms with Gasteiger partial charge in [-0.3, -0.25) is 4.79 Å². The Balaban J connectivity index is 1.49. The van der Waals surface area contributed by atoms with Gasteiger partial charge in [-0.15, -0.1) is 10.2 Å². The van der Waals surface area contributed by atoms with Crippen LogP contribution in [0.15, 0.2) is 66.7 Å². The van der Waals surface area contributed by atoms with Crippen LogP contribution in [-0.2, 0) is 6.42 Å². The van der Waals surface area contributed by atoms with Gasteiger partial charge in [-0.2, -0.15) is 0 Å². The van der Waals surface area contributed by atoms with Gasteiger partial charge in [0, 0.05) is 6.54 Å². The third-order valence-electron chi connectivity index (χ3n) is 4.05. The van der Waals surface area contributed by atoms with Gasteiger partial charge in [0.15, 0.2) is 5.82 Å². The monoisotopic (exact) mass is 362 g/mol. The molecule has 0 fully saturated rings. The molecule has 0 saturated carbocycles. The van der Waals surface area contributed by atoms with Crippen molar-refractivity contribution in [2.45, 2.75) is 12.8 Å². The molecule has 0 bridgehead atoms. The predicted octanol–water partition coefficient (Wildman–Crippen LogP) is 3.78. The van der Waals surface area contributed by atoms with Crippen molar-refractivity contribution in [3.8, 4) is 5.75 Å². The number of nitrogens with zero attached hydrogens (tertiary/aromatic N) is 2. The Bertz CT molecular complexity index is 867. The summed E-state index contributed by atoms with van der Waals surface area (Å²) in [6.07, 6.45) is 2.01. The topological polar surface area (TPSA) is 76.1 Å². The maximum atomic E-state index is 12.3. The molecule has 0 aliphatic heterocycles. The second-order valence-electron chi connectivity index (χ2n) is 5.97. The van der Waals surface area contributed by atoms with Gasteiger partial charge in [0.25, 0.3) is 5.91 Å². The Morgan fingerprint density at radius 1 is 0.926 bits per heavy atom. The number of para-hydroxylation sites is 1. The number of anilines is 2. The van der Waals surface area contributed by atoms with Crippen molar-refractivity contribution in [1.82, 2.24) is 10.2 Å². The van der Waals surface area contributed by atoms with E-state index in [4.69, 9.17) is 4.74 Å². The molecule has 0 unspecified atom stereocenters. The van der Waals surface area contributed by atoms with E-state index in [0.29, 0.717) is 22.9 Å². The minimum Gasteiger partial charge on any atom is -0.496 e. The molecule has 0 atom stereocenters. The van der Waals surface area contributed by atoms with Gasteiger partial charge in [0.2, 0.25) is 0 Å². The molecule has 3 rings (SSSR count). The van der Waals surface area contributed by atoms with Crippen LogP contribution < -0.4 is 15.4 Å². The van der Waals surface area contributed by atoms with Gasteiger partial charge in [-0.25, -0.2) is 0 Å². The number of benzene rings is 2. The lowest BCUT2D eigenvalue weighted by Crippen LogP contribution is -2.15. The Labute approximate surface area is 158 Å². The Hall–Kier alpha value is -3.41. The van der Waals surface area contributed by atoms with Crippen molar-refractivity contribution < 1.29 is 9.53 Å². The lowest BCUT2D eigenvalue weighted by atomic mass is 10.1. The number of ether oxygens (including phenoxy) is 1. The summed E-state index contributed by atoms with van der Waals surface area (Å²) in [7, 11) is 1.53. The fraction of sp³-hybridized carbons (Fsp3) is 0.190. The molecule has 1 heterocycles. The van der Waals surface area contributed by atoms with Gasteiger partial charge >= 0.3 is 0 Å². The van der Waals surface area contributed by atoms with Crippen LogP contribution in [0.2, 0.25) is 0 Å². The normalized spacial score (nSPS) is 10.3. The number of aryl methyl sites for hydroxylation is 1. The van der Waals surface area contributed by atoms with Crippen LogP contribution in [0.1, 0.15) is 22.3 Å². The maximum absolute atomic E-state index is 12.3. The van der Waals surface area contributed by atoms with E-state index in [1.165, 1.54) is 12.7 Å². The van der Waals surface area contributed by atoms with E-state index in [9.17, 15) is 4.79 Å². The lowest BCUT2D eigenvalue weighted by molar-refractivity contribution is 0.102. The molecule has 1 aromatic heterocycles. The summed E-state index contributed by atoms with van der Waals surface area (Å²) in [6.45, 7) is 0.802. The first-order valence-electron chi connectivity index (χ1n) is 8.82. The maximum Gasteiger partial charge on any atom is 0.260 e. The van der Waals surface area contributed by atoms with E-state index in [1.807, 2.05) is 24.3 Å². The summed E-state index contributed by atoms with van der Waals surface area (Å²) < 4.78 is 5.20. The van der Waals surface area contributed by atoms with Crippen molar-refractivity contribution in [2.75, 3.05) is 24.3 Å². The molecular weight excluding hydrogens is 340 g/mol. The Morgan fingerprint density at radius 3 is 2.37 bits per heavy atom. The van der Waals surface area contributed by atoms with E-state index < -0.39 is 0 Å². The van der Waals surface area contributed by atoms with Crippen LogP contribution >= 0.6 is 0 Å². The zero-order valence-corrected chi connectivity index (χ0v) is 15.2. The van der Waals surface area contributed by atoms with Crippen LogP contribution in [0.25, 0.3) is 0 Å². The number of nitrogens with one attached hydrogen (secondary N) is 2. The van der Waals surface area contributed by atoms with Gasteiger partial charge < -0.3 is 15.4 Å². The quantitative estimate of drug-likeness (QED) is 0.597. The van der Waals surface area contributed by atoms with Crippen molar-refractivity contribution >= 4 is 17.5 Å².